The lowest BCUT2D eigenvalue weighted by Gasteiger charge is -2.09. The molecule has 1 aromatic rings. The predicted octanol–water partition coefficient (Wildman–Crippen LogP) is 0.979. The first-order valence-electron chi connectivity index (χ1n) is 5.26. The van der Waals surface area contributed by atoms with Crippen molar-refractivity contribution in [2.45, 2.75) is 12.8 Å². The van der Waals surface area contributed by atoms with Gasteiger partial charge in [0, 0.05) is 0 Å². The smallest absolute Gasteiger partial charge is 0.458 e. The highest BCUT2D eigenvalue weighted by atomic mass is 16.5. The summed E-state index contributed by atoms with van der Waals surface area (Å²) in [6.45, 7) is 0. The van der Waals surface area contributed by atoms with Gasteiger partial charge in [-0.25, -0.2) is 0 Å². The van der Waals surface area contributed by atoms with Crippen molar-refractivity contribution >= 4 is 12.6 Å². The second kappa shape index (κ2) is 5.01. The zero-order valence-corrected chi connectivity index (χ0v) is 8.84. The Bertz CT molecular complexity index is 407. The summed E-state index contributed by atoms with van der Waals surface area (Å²) in [5.41, 5.74) is 0.459. The maximum Gasteiger partial charge on any atom is 0.488 e. The minimum Gasteiger partial charge on any atom is -0.458 e. The molecular weight excluding hydrogens is 203 g/mol. The third kappa shape index (κ3) is 2.75. The van der Waals surface area contributed by atoms with E-state index in [2.05, 4.69) is 6.08 Å². The zero-order valence-electron chi connectivity index (χ0n) is 8.84. The molecule has 0 amide bonds. The monoisotopic (exact) mass is 216 g/mol. The topological polar surface area (TPSA) is 49.7 Å². The van der Waals surface area contributed by atoms with Crippen LogP contribution >= 0.6 is 0 Å². The Morgan fingerprint density at radius 2 is 1.81 bits per heavy atom. The third-order valence-electron chi connectivity index (χ3n) is 2.37. The van der Waals surface area contributed by atoms with Crippen molar-refractivity contribution in [2.75, 3.05) is 0 Å². The number of allylic oxidation sites excluding steroid dienone is 3. The molecule has 2 rings (SSSR count). The second-order valence-corrected chi connectivity index (χ2v) is 3.63. The Morgan fingerprint density at radius 1 is 1.06 bits per heavy atom. The van der Waals surface area contributed by atoms with Gasteiger partial charge in [0.2, 0.25) is 0 Å². The summed E-state index contributed by atoms with van der Waals surface area (Å²) in [4.78, 5) is 0. The Balaban J connectivity index is 2.05. The summed E-state index contributed by atoms with van der Waals surface area (Å²) in [5.74, 6) is 1.53. The lowest BCUT2D eigenvalue weighted by atomic mass is 9.80. The van der Waals surface area contributed by atoms with E-state index in [1.165, 1.54) is 0 Å². The molecule has 0 heterocycles. The SMILES string of the molecule is OB(O)c1ccc(OC2=CCCC=C2)cc1. The van der Waals surface area contributed by atoms with Gasteiger partial charge in [0.05, 0.1) is 0 Å². The van der Waals surface area contributed by atoms with E-state index in [1.807, 2.05) is 12.2 Å². The summed E-state index contributed by atoms with van der Waals surface area (Å²) in [6.07, 6.45) is 8.11. The summed E-state index contributed by atoms with van der Waals surface area (Å²) < 4.78 is 5.60. The average molecular weight is 216 g/mol. The van der Waals surface area contributed by atoms with Crippen molar-refractivity contribution < 1.29 is 14.8 Å². The standard InChI is InChI=1S/C12H13BO3/c14-13(15)10-6-8-12(9-7-10)16-11-4-2-1-3-5-11/h2,4-9,14-15H,1,3H2. The Labute approximate surface area is 94.8 Å². The van der Waals surface area contributed by atoms with Crippen molar-refractivity contribution in [1.29, 1.82) is 0 Å². The highest BCUT2D eigenvalue weighted by Crippen LogP contribution is 2.16. The van der Waals surface area contributed by atoms with Crippen LogP contribution in [0.25, 0.3) is 0 Å². The first kappa shape index (κ1) is 11.0. The first-order chi connectivity index (χ1) is 7.75. The molecule has 1 aromatic carbocycles. The van der Waals surface area contributed by atoms with Gasteiger partial charge in [-0.2, -0.15) is 0 Å². The van der Waals surface area contributed by atoms with Crippen LogP contribution in [0.4, 0.5) is 0 Å². The van der Waals surface area contributed by atoms with Gasteiger partial charge in [0.25, 0.3) is 0 Å². The van der Waals surface area contributed by atoms with Crippen molar-refractivity contribution in [3.8, 4) is 5.75 Å². The van der Waals surface area contributed by atoms with Gasteiger partial charge in [0.15, 0.2) is 0 Å². The van der Waals surface area contributed by atoms with E-state index < -0.39 is 7.12 Å². The van der Waals surface area contributed by atoms with Crippen LogP contribution in [-0.4, -0.2) is 17.2 Å². The number of rotatable bonds is 3. The molecule has 0 atom stereocenters. The van der Waals surface area contributed by atoms with Gasteiger partial charge in [-0.15, -0.1) is 0 Å². The molecule has 0 aliphatic heterocycles. The van der Waals surface area contributed by atoms with Crippen LogP contribution in [0.1, 0.15) is 12.8 Å². The van der Waals surface area contributed by atoms with E-state index in [9.17, 15) is 0 Å². The Morgan fingerprint density at radius 3 is 2.38 bits per heavy atom. The number of hydrogen-bond donors (Lipinski definition) is 2. The van der Waals surface area contributed by atoms with Crippen molar-refractivity contribution in [3.05, 3.63) is 48.3 Å². The molecule has 0 saturated carbocycles. The van der Waals surface area contributed by atoms with Crippen LogP contribution in [0, 0.1) is 0 Å². The normalized spacial score (nSPS) is 14.5. The number of hydrogen-bond acceptors (Lipinski definition) is 3. The largest absolute Gasteiger partial charge is 0.488 e. The summed E-state index contributed by atoms with van der Waals surface area (Å²) in [5, 5.41) is 17.9. The molecule has 0 radical (unpaired) electrons. The van der Waals surface area contributed by atoms with Crippen LogP contribution in [0.5, 0.6) is 5.75 Å². The molecule has 1 aliphatic rings. The fraction of sp³-hybridized carbons (Fsp3) is 0.167. The Hall–Kier alpha value is -1.52. The minimum absolute atomic E-state index is 0.459. The second-order valence-electron chi connectivity index (χ2n) is 3.63. The molecule has 82 valence electrons. The van der Waals surface area contributed by atoms with Crippen LogP contribution < -0.4 is 10.2 Å². The van der Waals surface area contributed by atoms with E-state index >= 15 is 0 Å². The zero-order chi connectivity index (χ0) is 11.4. The molecule has 3 nitrogen and oxygen atoms in total. The fourth-order valence-electron chi connectivity index (χ4n) is 1.51. The van der Waals surface area contributed by atoms with Crippen LogP contribution in [0.2, 0.25) is 0 Å². The van der Waals surface area contributed by atoms with Crippen LogP contribution in [0.3, 0.4) is 0 Å². The van der Waals surface area contributed by atoms with E-state index in [-0.39, 0.29) is 0 Å². The molecule has 0 saturated heterocycles. The fourth-order valence-corrected chi connectivity index (χ4v) is 1.51. The molecule has 1 aliphatic carbocycles. The molecule has 0 fully saturated rings. The van der Waals surface area contributed by atoms with Gasteiger partial charge < -0.3 is 14.8 Å². The molecule has 2 N–H and O–H groups in total. The highest BCUT2D eigenvalue weighted by molar-refractivity contribution is 6.58. The van der Waals surface area contributed by atoms with Gasteiger partial charge >= 0.3 is 7.12 Å². The van der Waals surface area contributed by atoms with Crippen LogP contribution in [-0.2, 0) is 0 Å². The van der Waals surface area contributed by atoms with Crippen molar-refractivity contribution in [3.63, 3.8) is 0 Å². The van der Waals surface area contributed by atoms with E-state index in [4.69, 9.17) is 14.8 Å². The number of benzene rings is 1. The lowest BCUT2D eigenvalue weighted by molar-refractivity contribution is 0.425. The maximum absolute atomic E-state index is 8.93. The van der Waals surface area contributed by atoms with E-state index in [0.717, 1.165) is 18.6 Å². The predicted molar refractivity (Wildman–Crippen MR) is 63.4 cm³/mol. The average Bonchev–Trinajstić information content (AvgIpc) is 2.31. The van der Waals surface area contributed by atoms with E-state index in [0.29, 0.717) is 11.2 Å². The van der Waals surface area contributed by atoms with Gasteiger partial charge in [-0.05, 0) is 42.6 Å². The highest BCUT2D eigenvalue weighted by Gasteiger charge is 2.10. The molecule has 16 heavy (non-hydrogen) atoms. The minimum atomic E-state index is -1.43. The lowest BCUT2D eigenvalue weighted by Crippen LogP contribution is -2.29. The molecule has 4 heteroatoms. The molecule has 0 aromatic heterocycles. The van der Waals surface area contributed by atoms with Crippen molar-refractivity contribution in [1.82, 2.24) is 0 Å². The molecular formula is C12H13BO3. The van der Waals surface area contributed by atoms with Gasteiger partial charge in [-0.1, -0.05) is 18.2 Å². The van der Waals surface area contributed by atoms with E-state index in [1.54, 1.807) is 24.3 Å². The van der Waals surface area contributed by atoms with Crippen molar-refractivity contribution in [2.24, 2.45) is 0 Å². The molecule has 0 spiro atoms. The quantitative estimate of drug-likeness (QED) is 0.740. The Kier molecular flexibility index (Phi) is 3.44. The number of ether oxygens (including phenoxy) is 1. The maximum atomic E-state index is 8.93. The summed E-state index contributed by atoms with van der Waals surface area (Å²) >= 11 is 0. The van der Waals surface area contributed by atoms with Gasteiger partial charge in [-0.3, -0.25) is 0 Å². The van der Waals surface area contributed by atoms with Crippen LogP contribution in [0.15, 0.2) is 48.3 Å². The van der Waals surface area contributed by atoms with Gasteiger partial charge in [0.1, 0.15) is 11.5 Å². The third-order valence-corrected chi connectivity index (χ3v) is 2.37. The molecule has 0 unspecified atom stereocenters. The first-order valence-corrected chi connectivity index (χ1v) is 5.26. The summed E-state index contributed by atoms with van der Waals surface area (Å²) in [6, 6.07) is 6.70. The summed E-state index contributed by atoms with van der Waals surface area (Å²) in [7, 11) is -1.43. The molecule has 0 bridgehead atoms.